The minimum atomic E-state index is -0.407. The fourth-order valence-corrected chi connectivity index (χ4v) is 2.48. The van der Waals surface area contributed by atoms with Crippen LogP contribution in [0.5, 0.6) is 11.5 Å². The molecule has 2 aromatic carbocycles. The molecular formula is C19H22N2O4. The highest BCUT2D eigenvalue weighted by molar-refractivity contribution is 5.93. The van der Waals surface area contributed by atoms with E-state index in [0.29, 0.717) is 17.2 Å². The molecule has 132 valence electrons. The number of carbonyl (C=O) groups excluding carboxylic acids is 2. The standard InChI is InChI=1S/C19H22N2O4/c1-13(22)20-16(14-7-5-4-6-8-14)12-19(23)21-17-11-15(24-2)9-10-18(17)25-3/h4-11,16H,12H2,1-3H3,(H,20,22)(H,21,23)/t16-/m0/s1. The Bertz CT molecular complexity index is 731. The highest BCUT2D eigenvalue weighted by atomic mass is 16.5. The first-order chi connectivity index (χ1) is 12.0. The Hall–Kier alpha value is -3.02. The van der Waals surface area contributed by atoms with E-state index in [0.717, 1.165) is 5.56 Å². The van der Waals surface area contributed by atoms with Gasteiger partial charge in [0.25, 0.3) is 0 Å². The van der Waals surface area contributed by atoms with Crippen molar-refractivity contribution in [1.82, 2.24) is 5.32 Å². The molecule has 0 saturated heterocycles. The van der Waals surface area contributed by atoms with Crippen LogP contribution in [-0.4, -0.2) is 26.0 Å². The Labute approximate surface area is 147 Å². The third kappa shape index (κ3) is 5.24. The highest BCUT2D eigenvalue weighted by Crippen LogP contribution is 2.29. The predicted octanol–water partition coefficient (Wildman–Crippen LogP) is 2.91. The molecule has 0 unspecified atom stereocenters. The van der Waals surface area contributed by atoms with Gasteiger partial charge in [0, 0.05) is 13.0 Å². The van der Waals surface area contributed by atoms with Gasteiger partial charge in [0.1, 0.15) is 11.5 Å². The number of hydrogen-bond donors (Lipinski definition) is 2. The van der Waals surface area contributed by atoms with Crippen molar-refractivity contribution >= 4 is 17.5 Å². The van der Waals surface area contributed by atoms with E-state index in [4.69, 9.17) is 9.47 Å². The molecule has 2 amide bonds. The zero-order valence-corrected chi connectivity index (χ0v) is 14.5. The molecule has 0 aromatic heterocycles. The lowest BCUT2D eigenvalue weighted by atomic mass is 10.0. The Kier molecular flexibility index (Phi) is 6.39. The zero-order valence-electron chi connectivity index (χ0n) is 14.5. The molecule has 6 nitrogen and oxygen atoms in total. The molecule has 2 rings (SSSR count). The number of anilines is 1. The van der Waals surface area contributed by atoms with E-state index in [1.807, 2.05) is 30.3 Å². The molecule has 25 heavy (non-hydrogen) atoms. The molecule has 0 bridgehead atoms. The lowest BCUT2D eigenvalue weighted by molar-refractivity contribution is -0.120. The lowest BCUT2D eigenvalue weighted by Gasteiger charge is -2.19. The molecule has 1 atom stereocenters. The highest BCUT2D eigenvalue weighted by Gasteiger charge is 2.18. The Morgan fingerprint density at radius 1 is 1.04 bits per heavy atom. The van der Waals surface area contributed by atoms with Gasteiger partial charge in [0.2, 0.25) is 11.8 Å². The zero-order chi connectivity index (χ0) is 18.2. The van der Waals surface area contributed by atoms with Gasteiger partial charge in [-0.25, -0.2) is 0 Å². The van der Waals surface area contributed by atoms with Crippen molar-refractivity contribution in [3.63, 3.8) is 0 Å². The van der Waals surface area contributed by atoms with Gasteiger partial charge in [-0.2, -0.15) is 0 Å². The molecule has 2 N–H and O–H groups in total. The van der Waals surface area contributed by atoms with Gasteiger partial charge in [-0.15, -0.1) is 0 Å². The number of nitrogens with one attached hydrogen (secondary N) is 2. The van der Waals surface area contributed by atoms with Crippen LogP contribution in [0.4, 0.5) is 5.69 Å². The number of amides is 2. The average Bonchev–Trinajstić information content (AvgIpc) is 2.61. The summed E-state index contributed by atoms with van der Waals surface area (Å²) in [6.45, 7) is 1.43. The van der Waals surface area contributed by atoms with Gasteiger partial charge in [-0.1, -0.05) is 30.3 Å². The van der Waals surface area contributed by atoms with Crippen LogP contribution < -0.4 is 20.1 Å². The number of hydrogen-bond acceptors (Lipinski definition) is 4. The third-order valence-corrected chi connectivity index (χ3v) is 3.65. The number of carbonyl (C=O) groups is 2. The monoisotopic (exact) mass is 342 g/mol. The first-order valence-corrected chi connectivity index (χ1v) is 7.87. The van der Waals surface area contributed by atoms with E-state index in [2.05, 4.69) is 10.6 Å². The smallest absolute Gasteiger partial charge is 0.226 e. The van der Waals surface area contributed by atoms with Crippen molar-refractivity contribution in [2.75, 3.05) is 19.5 Å². The number of benzene rings is 2. The van der Waals surface area contributed by atoms with Gasteiger partial charge in [0.05, 0.1) is 32.4 Å². The minimum Gasteiger partial charge on any atom is -0.497 e. The van der Waals surface area contributed by atoms with Crippen LogP contribution >= 0.6 is 0 Å². The summed E-state index contributed by atoms with van der Waals surface area (Å²) in [6, 6.07) is 14.1. The van der Waals surface area contributed by atoms with Crippen molar-refractivity contribution in [2.45, 2.75) is 19.4 Å². The van der Waals surface area contributed by atoms with Crippen LogP contribution in [0.25, 0.3) is 0 Å². The second kappa shape index (κ2) is 8.73. The summed E-state index contributed by atoms with van der Waals surface area (Å²) < 4.78 is 10.4. The van der Waals surface area contributed by atoms with E-state index in [9.17, 15) is 9.59 Å². The molecule has 2 aromatic rings. The van der Waals surface area contributed by atoms with Crippen LogP contribution in [0.15, 0.2) is 48.5 Å². The number of rotatable bonds is 7. The quantitative estimate of drug-likeness (QED) is 0.811. The van der Waals surface area contributed by atoms with Crippen molar-refractivity contribution in [3.8, 4) is 11.5 Å². The molecule has 0 aliphatic rings. The predicted molar refractivity (Wildman–Crippen MR) is 95.8 cm³/mol. The van der Waals surface area contributed by atoms with Gasteiger partial charge >= 0.3 is 0 Å². The topological polar surface area (TPSA) is 76.7 Å². The van der Waals surface area contributed by atoms with Crippen molar-refractivity contribution < 1.29 is 19.1 Å². The van der Waals surface area contributed by atoms with Gasteiger partial charge in [-0.3, -0.25) is 9.59 Å². The fraction of sp³-hybridized carbons (Fsp3) is 0.263. The van der Waals surface area contributed by atoms with Crippen LogP contribution in [0.3, 0.4) is 0 Å². The van der Waals surface area contributed by atoms with Gasteiger partial charge in [-0.05, 0) is 17.7 Å². The maximum atomic E-state index is 12.5. The van der Waals surface area contributed by atoms with E-state index in [1.165, 1.54) is 14.0 Å². The molecular weight excluding hydrogens is 320 g/mol. The molecule has 0 heterocycles. The minimum absolute atomic E-state index is 0.101. The Balaban J connectivity index is 2.15. The van der Waals surface area contributed by atoms with Crippen molar-refractivity contribution in [2.24, 2.45) is 0 Å². The SMILES string of the molecule is COc1ccc(OC)c(NC(=O)C[C@H](NC(C)=O)c2ccccc2)c1. The molecule has 0 saturated carbocycles. The number of ether oxygens (including phenoxy) is 2. The van der Waals surface area contributed by atoms with E-state index < -0.39 is 6.04 Å². The Morgan fingerprint density at radius 3 is 2.36 bits per heavy atom. The molecule has 0 radical (unpaired) electrons. The fourth-order valence-electron chi connectivity index (χ4n) is 2.48. The van der Waals surface area contributed by atoms with Gasteiger partial charge in [0.15, 0.2) is 0 Å². The maximum Gasteiger partial charge on any atom is 0.226 e. The molecule has 0 aliphatic heterocycles. The molecule has 0 spiro atoms. The summed E-state index contributed by atoms with van der Waals surface area (Å²) in [5.41, 5.74) is 1.38. The lowest BCUT2D eigenvalue weighted by Crippen LogP contribution is -2.29. The van der Waals surface area contributed by atoms with Gasteiger partial charge < -0.3 is 20.1 Å². The summed E-state index contributed by atoms with van der Waals surface area (Å²) in [5, 5.41) is 5.62. The Morgan fingerprint density at radius 2 is 1.76 bits per heavy atom. The van der Waals surface area contributed by atoms with Crippen molar-refractivity contribution in [1.29, 1.82) is 0 Å². The van der Waals surface area contributed by atoms with Crippen LogP contribution in [-0.2, 0) is 9.59 Å². The normalized spacial score (nSPS) is 11.3. The summed E-state index contributed by atoms with van der Waals surface area (Å²) in [4.78, 5) is 24.0. The molecule has 0 fully saturated rings. The first-order valence-electron chi connectivity index (χ1n) is 7.87. The van der Waals surface area contributed by atoms with Crippen LogP contribution in [0.1, 0.15) is 24.9 Å². The summed E-state index contributed by atoms with van der Waals surface area (Å²) in [6.07, 6.45) is 0.101. The largest absolute Gasteiger partial charge is 0.497 e. The third-order valence-electron chi connectivity index (χ3n) is 3.65. The average molecular weight is 342 g/mol. The summed E-state index contributed by atoms with van der Waals surface area (Å²) in [7, 11) is 3.08. The summed E-state index contributed by atoms with van der Waals surface area (Å²) >= 11 is 0. The van der Waals surface area contributed by atoms with E-state index in [-0.39, 0.29) is 18.2 Å². The molecule has 6 heteroatoms. The maximum absolute atomic E-state index is 12.5. The van der Waals surface area contributed by atoms with Crippen LogP contribution in [0, 0.1) is 0 Å². The van der Waals surface area contributed by atoms with Crippen molar-refractivity contribution in [3.05, 3.63) is 54.1 Å². The second-order valence-corrected chi connectivity index (χ2v) is 5.48. The molecule has 0 aliphatic carbocycles. The first kappa shape index (κ1) is 18.3. The van der Waals surface area contributed by atoms with E-state index in [1.54, 1.807) is 25.3 Å². The number of methoxy groups -OCH3 is 2. The van der Waals surface area contributed by atoms with Crippen LogP contribution in [0.2, 0.25) is 0 Å². The van der Waals surface area contributed by atoms with E-state index >= 15 is 0 Å². The second-order valence-electron chi connectivity index (χ2n) is 5.48. The summed E-state index contributed by atoms with van der Waals surface area (Å²) in [5.74, 6) is 0.706.